The highest BCUT2D eigenvalue weighted by molar-refractivity contribution is 5.97. The topological polar surface area (TPSA) is 92.2 Å². The predicted molar refractivity (Wildman–Crippen MR) is 175 cm³/mol. The number of fused-ring (bicyclic) bond motifs is 2. The van der Waals surface area contributed by atoms with E-state index in [1.807, 2.05) is 13.8 Å². The number of carbonyl (C=O) groups is 1. The average Bonchev–Trinajstić information content (AvgIpc) is 3.30. The number of alkyl halides is 3. The summed E-state index contributed by atoms with van der Waals surface area (Å²) >= 11 is 0. The number of aryl methyl sites for hydroxylation is 1. The van der Waals surface area contributed by atoms with E-state index in [0.29, 0.717) is 18.9 Å². The number of aromatic nitrogens is 2. The highest BCUT2D eigenvalue weighted by Crippen LogP contribution is 2.34. The van der Waals surface area contributed by atoms with E-state index in [1.165, 1.54) is 34.2 Å². The fraction of sp³-hybridized carbons (Fsp3) is 0.471. The van der Waals surface area contributed by atoms with E-state index in [1.54, 1.807) is 16.8 Å². The van der Waals surface area contributed by atoms with Crippen LogP contribution in [0.3, 0.4) is 0 Å². The van der Waals surface area contributed by atoms with Crippen molar-refractivity contribution in [3.8, 4) is 6.01 Å². The average molecular weight is 638 g/mol. The normalized spacial score (nSPS) is 18.0. The van der Waals surface area contributed by atoms with Crippen molar-refractivity contribution >= 4 is 28.2 Å². The Hall–Kier alpha value is -4.37. The van der Waals surface area contributed by atoms with Crippen LogP contribution in [0.2, 0.25) is 0 Å². The Morgan fingerprint density at radius 3 is 2.67 bits per heavy atom. The summed E-state index contributed by atoms with van der Waals surface area (Å²) in [6, 6.07) is 12.3. The fourth-order valence-corrected chi connectivity index (χ4v) is 6.05. The molecule has 0 aliphatic carbocycles. The summed E-state index contributed by atoms with van der Waals surface area (Å²) in [4.78, 5) is 29.0. The number of rotatable bonds is 9. The number of likely N-dealkylation sites (N-methyl/N-ethyl adjacent to an activating group) is 2. The van der Waals surface area contributed by atoms with Crippen LogP contribution in [0.5, 0.6) is 6.01 Å². The first-order chi connectivity index (χ1) is 22.0. The maximum absolute atomic E-state index is 13.6. The van der Waals surface area contributed by atoms with Gasteiger partial charge in [-0.2, -0.15) is 9.97 Å². The molecule has 3 aromatic rings. The number of anilines is 2. The minimum absolute atomic E-state index is 0.108. The number of nitrogens with zero attached hydrogens (tertiary/aromatic N) is 6. The summed E-state index contributed by atoms with van der Waals surface area (Å²) in [6.07, 6.45) is 2.90. The van der Waals surface area contributed by atoms with Crippen molar-refractivity contribution < 1.29 is 22.7 Å². The van der Waals surface area contributed by atoms with Crippen LogP contribution in [0.1, 0.15) is 37.1 Å². The zero-order chi connectivity index (χ0) is 33.4. The monoisotopic (exact) mass is 637 g/mol. The Morgan fingerprint density at radius 1 is 1.28 bits per heavy atom. The highest BCUT2D eigenvalue weighted by atomic mass is 19.3. The van der Waals surface area contributed by atoms with Crippen LogP contribution >= 0.6 is 0 Å². The molecule has 1 fully saturated rings. The molecule has 2 aliphatic heterocycles. The van der Waals surface area contributed by atoms with Gasteiger partial charge >= 0.3 is 6.01 Å². The molecule has 2 N–H and O–H groups in total. The summed E-state index contributed by atoms with van der Waals surface area (Å²) in [7, 11) is 1.68. The van der Waals surface area contributed by atoms with Crippen LogP contribution in [-0.4, -0.2) is 90.2 Å². The molecule has 2 atom stereocenters. The molecule has 3 heterocycles. The minimum atomic E-state index is -2.68. The number of likely N-dealkylation sites (tertiary alicyclic amines) is 1. The number of halogens is 3. The molecule has 1 aromatic heterocycles. The van der Waals surface area contributed by atoms with Crippen LogP contribution < -0.4 is 15.4 Å². The van der Waals surface area contributed by atoms with Crippen molar-refractivity contribution in [2.75, 3.05) is 57.1 Å². The first-order valence-corrected chi connectivity index (χ1v) is 15.4. The van der Waals surface area contributed by atoms with Gasteiger partial charge in [-0.1, -0.05) is 30.3 Å². The van der Waals surface area contributed by atoms with Gasteiger partial charge in [0.05, 0.1) is 18.8 Å². The van der Waals surface area contributed by atoms with Crippen LogP contribution in [0, 0.1) is 13.5 Å². The number of carbonyl (C=O) groups excluding carboxylic acids is 1. The number of hydrogen-bond acceptors (Lipinski definition) is 7. The Morgan fingerprint density at radius 2 is 2.02 bits per heavy atom. The zero-order valence-corrected chi connectivity index (χ0v) is 26.8. The van der Waals surface area contributed by atoms with Gasteiger partial charge in [-0.15, -0.1) is 0 Å². The van der Waals surface area contributed by atoms with Crippen molar-refractivity contribution in [2.24, 2.45) is 0 Å². The fourth-order valence-electron chi connectivity index (χ4n) is 6.05. The van der Waals surface area contributed by atoms with Crippen LogP contribution in [-0.2, 0) is 17.8 Å². The molecule has 0 unspecified atom stereocenters. The third-order valence-corrected chi connectivity index (χ3v) is 8.41. The van der Waals surface area contributed by atoms with E-state index in [4.69, 9.17) is 17.0 Å². The van der Waals surface area contributed by atoms with Gasteiger partial charge in [0.25, 0.3) is 5.92 Å². The van der Waals surface area contributed by atoms with E-state index in [0.717, 1.165) is 24.2 Å². The third-order valence-electron chi connectivity index (χ3n) is 8.41. The quantitative estimate of drug-likeness (QED) is 0.246. The van der Waals surface area contributed by atoms with Gasteiger partial charge < -0.3 is 25.1 Å². The lowest BCUT2D eigenvalue weighted by molar-refractivity contribution is -0.127. The van der Waals surface area contributed by atoms with Crippen molar-refractivity contribution in [2.45, 2.75) is 58.2 Å². The molecule has 0 saturated carbocycles. The molecule has 1 amide bonds. The molecule has 5 rings (SSSR count). The first kappa shape index (κ1) is 34.5. The van der Waals surface area contributed by atoms with E-state index >= 15 is 0 Å². The highest BCUT2D eigenvalue weighted by Gasteiger charge is 2.43. The molecule has 2 aliphatic rings. The van der Waals surface area contributed by atoms with E-state index < -0.39 is 12.6 Å². The van der Waals surface area contributed by atoms with Crippen LogP contribution in [0.4, 0.5) is 24.7 Å². The molecule has 0 bridgehead atoms. The molecule has 246 valence electrons. The Kier molecular flexibility index (Phi) is 11.5. The molecule has 2 aromatic carbocycles. The van der Waals surface area contributed by atoms with Crippen molar-refractivity contribution in [1.82, 2.24) is 19.8 Å². The Balaban J connectivity index is 0.000000292. The van der Waals surface area contributed by atoms with E-state index in [2.05, 4.69) is 63.0 Å². The first-order valence-electron chi connectivity index (χ1n) is 15.4. The number of amides is 1. The number of nitrogen functional groups attached to an aromatic ring is 1. The predicted octanol–water partition coefficient (Wildman–Crippen LogP) is 5.47. The summed E-state index contributed by atoms with van der Waals surface area (Å²) in [5.41, 5.74) is 10.4. The van der Waals surface area contributed by atoms with Crippen molar-refractivity contribution in [3.05, 3.63) is 76.8 Å². The summed E-state index contributed by atoms with van der Waals surface area (Å²) in [5.74, 6) is -2.51. The second-order valence-electron chi connectivity index (χ2n) is 11.7. The molecule has 0 spiro atoms. The number of nitrogens with two attached hydrogens (primary N) is 1. The SMILES string of the molecule is Cc1cccc2cccc(N3CCc4c(N)nc(OC[C@@H]5CC(F)(F)CN5C)nc4C3)c12.[C-]#[N+]C[C@@H](C)N(CC)C(=O)/C=C/CF. The summed E-state index contributed by atoms with van der Waals surface area (Å²) < 4.78 is 44.8. The number of benzene rings is 2. The number of hydrogen-bond donors (Lipinski definition) is 1. The summed E-state index contributed by atoms with van der Waals surface area (Å²) in [6.45, 7) is 13.9. The molecular formula is C34H42F3N7O2. The van der Waals surface area contributed by atoms with Gasteiger partial charge in [-0.25, -0.2) is 19.7 Å². The second-order valence-corrected chi connectivity index (χ2v) is 11.7. The molecule has 9 nitrogen and oxygen atoms in total. The smallest absolute Gasteiger partial charge is 0.318 e. The van der Waals surface area contributed by atoms with Crippen molar-refractivity contribution in [1.29, 1.82) is 0 Å². The van der Waals surface area contributed by atoms with E-state index in [9.17, 15) is 18.0 Å². The van der Waals surface area contributed by atoms with Crippen LogP contribution in [0.15, 0.2) is 48.6 Å². The minimum Gasteiger partial charge on any atom is -0.462 e. The zero-order valence-electron chi connectivity index (χ0n) is 26.8. The van der Waals surface area contributed by atoms with E-state index in [-0.39, 0.29) is 50.1 Å². The van der Waals surface area contributed by atoms with Gasteiger partial charge in [0.15, 0.2) is 0 Å². The standard InChI is InChI=1S/C24H27F2N5O.C10H15FN2O/c1-15-5-3-6-16-7-4-8-20(21(15)16)31-10-9-18-19(12-31)28-23(29-22(18)27)32-13-17-11-24(25,26)14-30(17)2;1-4-13(9(2)8-12-3)10(14)6-5-7-11/h3-8,17H,9-14H2,1-2H3,(H2,27,28,29);5-6,9H,4,7-8H2,1-2H3/b;6-5+/t17-;9-/m01/s1. The van der Waals surface area contributed by atoms with Gasteiger partial charge in [0.1, 0.15) is 25.1 Å². The number of ether oxygens (including phenoxy) is 1. The molecule has 12 heteroatoms. The lowest BCUT2D eigenvalue weighted by Crippen LogP contribution is -2.38. The van der Waals surface area contributed by atoms with Gasteiger partial charge in [-0.05, 0) is 57.3 Å². The Labute approximate surface area is 268 Å². The lowest BCUT2D eigenvalue weighted by Gasteiger charge is -2.31. The van der Waals surface area contributed by atoms with Gasteiger partial charge in [-0.3, -0.25) is 9.69 Å². The molecule has 46 heavy (non-hydrogen) atoms. The largest absolute Gasteiger partial charge is 0.462 e. The maximum Gasteiger partial charge on any atom is 0.318 e. The van der Waals surface area contributed by atoms with Gasteiger partial charge in [0.2, 0.25) is 12.5 Å². The summed E-state index contributed by atoms with van der Waals surface area (Å²) in [5, 5.41) is 2.44. The number of allylic oxidation sites excluding steroid dienone is 1. The Bertz CT molecular complexity index is 1590. The maximum atomic E-state index is 13.6. The lowest BCUT2D eigenvalue weighted by atomic mass is 10.00. The third kappa shape index (κ3) is 8.26. The van der Waals surface area contributed by atoms with Crippen LogP contribution in [0.25, 0.3) is 15.6 Å². The van der Waals surface area contributed by atoms with Gasteiger partial charge in [0, 0.05) is 48.3 Å². The molecular weight excluding hydrogens is 595 g/mol. The second kappa shape index (κ2) is 15.3. The molecule has 0 radical (unpaired) electrons. The van der Waals surface area contributed by atoms with Crippen molar-refractivity contribution in [3.63, 3.8) is 0 Å². The molecule has 1 saturated heterocycles.